The SMILES string of the molecule is O=C(O)c1csc(SCCCN(c2ccc(C(F)(F)F)cc2)S(=O)(=O)c2cccs2)n1. The van der Waals surface area contributed by atoms with Gasteiger partial charge in [-0.1, -0.05) is 17.8 Å². The molecule has 0 saturated carbocycles. The van der Waals surface area contributed by atoms with Gasteiger partial charge in [0, 0.05) is 17.7 Å². The molecule has 1 N–H and O–H groups in total. The summed E-state index contributed by atoms with van der Waals surface area (Å²) in [6.07, 6.45) is -4.15. The van der Waals surface area contributed by atoms with Gasteiger partial charge in [-0.15, -0.1) is 22.7 Å². The van der Waals surface area contributed by atoms with Gasteiger partial charge in [0.15, 0.2) is 10.0 Å². The highest BCUT2D eigenvalue weighted by molar-refractivity contribution is 8.01. The van der Waals surface area contributed by atoms with E-state index in [0.717, 1.165) is 39.9 Å². The molecule has 0 fully saturated rings. The monoisotopic (exact) mass is 508 g/mol. The number of hydrogen-bond acceptors (Lipinski definition) is 7. The molecule has 3 rings (SSSR count). The van der Waals surface area contributed by atoms with Crippen molar-refractivity contribution in [1.29, 1.82) is 0 Å². The molecule has 2 heterocycles. The van der Waals surface area contributed by atoms with Crippen molar-refractivity contribution in [2.75, 3.05) is 16.6 Å². The highest BCUT2D eigenvalue weighted by Gasteiger charge is 2.31. The second-order valence-corrected chi connectivity index (χ2v) is 11.3. The fraction of sp³-hybridized carbons (Fsp3) is 0.222. The van der Waals surface area contributed by atoms with Gasteiger partial charge in [0.25, 0.3) is 10.0 Å². The van der Waals surface area contributed by atoms with E-state index in [1.807, 2.05) is 0 Å². The molecule has 0 aliphatic heterocycles. The normalized spacial score (nSPS) is 12.1. The third-order valence-corrected chi connectivity index (χ3v) is 9.26. The Morgan fingerprint density at radius 2 is 1.87 bits per heavy atom. The third kappa shape index (κ3) is 5.79. The van der Waals surface area contributed by atoms with Crippen LogP contribution in [0.3, 0.4) is 0 Å². The summed E-state index contributed by atoms with van der Waals surface area (Å²) < 4.78 is 66.4. The van der Waals surface area contributed by atoms with Crippen LogP contribution in [-0.2, 0) is 16.2 Å². The molecule has 31 heavy (non-hydrogen) atoms. The number of carbonyl (C=O) groups is 1. The van der Waals surface area contributed by atoms with Gasteiger partial charge in [-0.2, -0.15) is 13.2 Å². The van der Waals surface area contributed by atoms with E-state index in [4.69, 9.17) is 5.11 Å². The summed E-state index contributed by atoms with van der Waals surface area (Å²) in [7, 11) is -3.94. The maximum absolute atomic E-state index is 13.0. The van der Waals surface area contributed by atoms with Crippen LogP contribution < -0.4 is 4.31 Å². The lowest BCUT2D eigenvalue weighted by molar-refractivity contribution is -0.137. The van der Waals surface area contributed by atoms with Crippen molar-refractivity contribution in [1.82, 2.24) is 4.98 Å². The number of benzene rings is 1. The first-order valence-corrected chi connectivity index (χ1v) is 12.8. The predicted molar refractivity (Wildman–Crippen MR) is 115 cm³/mol. The van der Waals surface area contributed by atoms with Crippen LogP contribution in [0.25, 0.3) is 0 Å². The number of carboxylic acids is 1. The zero-order valence-electron chi connectivity index (χ0n) is 15.6. The summed E-state index contributed by atoms with van der Waals surface area (Å²) in [6, 6.07) is 7.01. The first-order valence-electron chi connectivity index (χ1n) is 8.64. The van der Waals surface area contributed by atoms with Gasteiger partial charge in [-0.25, -0.2) is 18.2 Å². The smallest absolute Gasteiger partial charge is 0.416 e. The molecule has 0 aliphatic carbocycles. The Balaban J connectivity index is 1.75. The quantitative estimate of drug-likeness (QED) is 0.312. The second-order valence-electron chi connectivity index (χ2n) is 6.06. The Hall–Kier alpha value is -2.09. The first kappa shape index (κ1) is 23.6. The summed E-state index contributed by atoms with van der Waals surface area (Å²) in [5.41, 5.74) is -0.786. The molecule has 0 bridgehead atoms. The van der Waals surface area contributed by atoms with E-state index >= 15 is 0 Å². The minimum atomic E-state index is -4.52. The minimum Gasteiger partial charge on any atom is -0.476 e. The molecule has 0 atom stereocenters. The Kier molecular flexibility index (Phi) is 7.29. The highest BCUT2D eigenvalue weighted by Crippen LogP contribution is 2.33. The number of thioether (sulfide) groups is 1. The Morgan fingerprint density at radius 1 is 1.16 bits per heavy atom. The minimum absolute atomic E-state index is 0.0375. The van der Waals surface area contributed by atoms with Crippen LogP contribution >= 0.6 is 34.4 Å². The summed E-state index contributed by atoms with van der Waals surface area (Å²) in [4.78, 5) is 14.8. The number of aromatic carboxylic acids is 1. The predicted octanol–water partition coefficient (Wildman–Crippen LogP) is 5.30. The highest BCUT2D eigenvalue weighted by atomic mass is 32.2. The van der Waals surface area contributed by atoms with Crippen molar-refractivity contribution in [3.05, 3.63) is 58.4 Å². The number of thiophene rings is 1. The van der Waals surface area contributed by atoms with Gasteiger partial charge in [0.2, 0.25) is 0 Å². The van der Waals surface area contributed by atoms with Gasteiger partial charge in [0.1, 0.15) is 4.21 Å². The molecule has 0 unspecified atom stereocenters. The lowest BCUT2D eigenvalue weighted by atomic mass is 10.2. The van der Waals surface area contributed by atoms with Crippen LogP contribution in [0.5, 0.6) is 0 Å². The lowest BCUT2D eigenvalue weighted by Crippen LogP contribution is -2.32. The van der Waals surface area contributed by atoms with E-state index < -0.39 is 27.7 Å². The molecule has 0 saturated heterocycles. The number of rotatable bonds is 9. The molecule has 2 aromatic heterocycles. The number of anilines is 1. The van der Waals surface area contributed by atoms with Crippen LogP contribution in [0, 0.1) is 0 Å². The van der Waals surface area contributed by atoms with Crippen LogP contribution in [-0.4, -0.2) is 36.8 Å². The molecule has 166 valence electrons. The van der Waals surface area contributed by atoms with Gasteiger partial charge in [-0.05, 0) is 42.1 Å². The van der Waals surface area contributed by atoms with Crippen LogP contribution in [0.4, 0.5) is 18.9 Å². The van der Waals surface area contributed by atoms with E-state index in [0.29, 0.717) is 16.5 Å². The average Bonchev–Trinajstić information content (AvgIpc) is 3.40. The number of thiazole rings is 1. The van der Waals surface area contributed by atoms with E-state index in [-0.39, 0.29) is 22.1 Å². The molecular weight excluding hydrogens is 493 g/mol. The summed E-state index contributed by atoms with van der Waals surface area (Å²) in [6.45, 7) is 0.0375. The van der Waals surface area contributed by atoms with Crippen LogP contribution in [0.15, 0.2) is 55.7 Å². The summed E-state index contributed by atoms with van der Waals surface area (Å²) in [5, 5.41) is 11.9. The Labute approximate surface area is 188 Å². The molecular formula is C18H15F3N2O4S4. The number of nitrogens with zero attached hydrogens (tertiary/aromatic N) is 2. The topological polar surface area (TPSA) is 87.6 Å². The number of halogens is 3. The Bertz CT molecular complexity index is 1130. The van der Waals surface area contributed by atoms with Crippen molar-refractivity contribution in [3.63, 3.8) is 0 Å². The third-order valence-electron chi connectivity index (χ3n) is 3.96. The zero-order valence-corrected chi connectivity index (χ0v) is 18.8. The van der Waals surface area contributed by atoms with Crippen LogP contribution in [0.2, 0.25) is 0 Å². The van der Waals surface area contributed by atoms with Gasteiger partial charge < -0.3 is 5.11 Å². The second kappa shape index (κ2) is 9.59. The standard InChI is InChI=1S/C18H15F3N2O4S4/c19-18(20,21)12-4-6-13(7-5-12)23(31(26,27)15-3-1-9-28-15)8-2-10-29-17-22-14(11-30-17)16(24)25/h1,3-7,9,11H,2,8,10H2,(H,24,25). The van der Waals surface area contributed by atoms with E-state index in [1.54, 1.807) is 11.4 Å². The molecule has 0 radical (unpaired) electrons. The fourth-order valence-electron chi connectivity index (χ4n) is 2.51. The number of alkyl halides is 3. The number of aromatic nitrogens is 1. The Morgan fingerprint density at radius 3 is 2.42 bits per heavy atom. The number of carboxylic acid groups (broad SMARTS) is 1. The van der Waals surface area contributed by atoms with Crippen molar-refractivity contribution < 1.29 is 31.5 Å². The molecule has 13 heteroatoms. The largest absolute Gasteiger partial charge is 0.476 e. The van der Waals surface area contributed by atoms with Gasteiger partial charge in [-0.3, -0.25) is 4.31 Å². The number of sulfonamides is 1. The summed E-state index contributed by atoms with van der Waals surface area (Å²) in [5.74, 6) is -0.678. The molecule has 0 amide bonds. The molecule has 3 aromatic rings. The van der Waals surface area contributed by atoms with E-state index in [1.165, 1.54) is 34.5 Å². The van der Waals surface area contributed by atoms with Crippen molar-refractivity contribution in [2.45, 2.75) is 21.1 Å². The fourth-order valence-corrected chi connectivity index (χ4v) is 6.92. The van der Waals surface area contributed by atoms with Crippen molar-refractivity contribution in [2.24, 2.45) is 0 Å². The van der Waals surface area contributed by atoms with Crippen molar-refractivity contribution >= 4 is 56.1 Å². The van der Waals surface area contributed by atoms with Gasteiger partial charge in [0.05, 0.1) is 11.3 Å². The summed E-state index contributed by atoms with van der Waals surface area (Å²) >= 11 is 3.48. The van der Waals surface area contributed by atoms with Crippen LogP contribution in [0.1, 0.15) is 22.5 Å². The first-order chi connectivity index (χ1) is 14.6. The molecule has 0 aliphatic rings. The van der Waals surface area contributed by atoms with Crippen molar-refractivity contribution in [3.8, 4) is 0 Å². The lowest BCUT2D eigenvalue weighted by Gasteiger charge is -2.24. The maximum atomic E-state index is 13.0. The maximum Gasteiger partial charge on any atom is 0.416 e. The van der Waals surface area contributed by atoms with Gasteiger partial charge >= 0.3 is 12.1 Å². The molecule has 1 aromatic carbocycles. The molecule has 6 nitrogen and oxygen atoms in total. The van der Waals surface area contributed by atoms with E-state index in [2.05, 4.69) is 4.98 Å². The average molecular weight is 509 g/mol. The van der Waals surface area contributed by atoms with E-state index in [9.17, 15) is 26.4 Å². The molecule has 0 spiro atoms. The zero-order chi connectivity index (χ0) is 22.6. The number of hydrogen-bond donors (Lipinski definition) is 1.